The van der Waals surface area contributed by atoms with E-state index < -0.39 is 0 Å². The molecule has 0 aliphatic rings. The van der Waals surface area contributed by atoms with E-state index in [1.807, 2.05) is 32.2 Å². The van der Waals surface area contributed by atoms with Crippen molar-refractivity contribution in [3.63, 3.8) is 0 Å². The zero-order valence-electron chi connectivity index (χ0n) is 13.1. The van der Waals surface area contributed by atoms with Crippen molar-refractivity contribution >= 4 is 5.97 Å². The van der Waals surface area contributed by atoms with Crippen LogP contribution in [-0.2, 0) is 29.2 Å². The molecule has 6 nitrogen and oxygen atoms in total. The summed E-state index contributed by atoms with van der Waals surface area (Å²) < 4.78 is 6.91. The molecular formula is C16H22N4O2. The number of aromatic nitrogens is 3. The van der Waals surface area contributed by atoms with Gasteiger partial charge in [-0.2, -0.15) is 0 Å². The van der Waals surface area contributed by atoms with Crippen LogP contribution in [0.1, 0.15) is 24.6 Å². The second-order valence-corrected chi connectivity index (χ2v) is 5.20. The van der Waals surface area contributed by atoms with Crippen LogP contribution in [0, 0.1) is 0 Å². The molecule has 0 amide bonds. The molecule has 0 saturated heterocycles. The van der Waals surface area contributed by atoms with Crippen LogP contribution in [0.5, 0.6) is 0 Å². The van der Waals surface area contributed by atoms with Crippen LogP contribution in [0.25, 0.3) is 0 Å². The van der Waals surface area contributed by atoms with Crippen LogP contribution in [0.4, 0.5) is 0 Å². The first-order valence-electron chi connectivity index (χ1n) is 7.44. The van der Waals surface area contributed by atoms with Gasteiger partial charge in [0.15, 0.2) is 0 Å². The predicted molar refractivity (Wildman–Crippen MR) is 82.9 cm³/mol. The van der Waals surface area contributed by atoms with Gasteiger partial charge in [0.2, 0.25) is 0 Å². The fourth-order valence-corrected chi connectivity index (χ4v) is 2.04. The van der Waals surface area contributed by atoms with E-state index in [1.165, 1.54) is 5.56 Å². The van der Waals surface area contributed by atoms with E-state index in [0.717, 1.165) is 13.1 Å². The number of aryl methyl sites for hydroxylation is 1. The lowest BCUT2D eigenvalue weighted by atomic mass is 10.2. The molecule has 6 heteroatoms. The lowest BCUT2D eigenvalue weighted by Gasteiger charge is -2.15. The summed E-state index contributed by atoms with van der Waals surface area (Å²) in [5.74, 6) is -0.217. The third-order valence-corrected chi connectivity index (χ3v) is 3.28. The Bertz CT molecular complexity index is 583. The number of ether oxygens (including phenoxy) is 1. The molecule has 118 valence electrons. The highest BCUT2D eigenvalue weighted by Gasteiger charge is 2.08. The molecule has 0 N–H and O–H groups in total. The van der Waals surface area contributed by atoms with Crippen LogP contribution in [-0.4, -0.2) is 39.5 Å². The Balaban J connectivity index is 1.66. The van der Waals surface area contributed by atoms with Crippen molar-refractivity contribution in [3.05, 3.63) is 47.8 Å². The molecule has 0 aliphatic heterocycles. The number of esters is 1. The number of carbonyl (C=O) groups is 1. The summed E-state index contributed by atoms with van der Waals surface area (Å²) in [6.45, 7) is 4.40. The van der Waals surface area contributed by atoms with Crippen LogP contribution in [0.3, 0.4) is 0 Å². The van der Waals surface area contributed by atoms with Gasteiger partial charge in [-0.05, 0) is 19.5 Å². The molecule has 22 heavy (non-hydrogen) atoms. The molecule has 0 aliphatic carbocycles. The quantitative estimate of drug-likeness (QED) is 0.697. The first-order chi connectivity index (χ1) is 10.7. The molecule has 1 aromatic carbocycles. The van der Waals surface area contributed by atoms with Gasteiger partial charge in [-0.3, -0.25) is 9.48 Å². The fraction of sp³-hybridized carbons (Fsp3) is 0.438. The van der Waals surface area contributed by atoms with Crippen molar-refractivity contribution in [3.8, 4) is 0 Å². The van der Waals surface area contributed by atoms with Crippen molar-refractivity contribution in [2.75, 3.05) is 13.6 Å². The Morgan fingerprint density at radius 3 is 2.77 bits per heavy atom. The maximum absolute atomic E-state index is 11.7. The Hall–Kier alpha value is -2.21. The summed E-state index contributed by atoms with van der Waals surface area (Å²) in [6, 6.07) is 10.2. The van der Waals surface area contributed by atoms with Gasteiger partial charge in [0, 0.05) is 19.6 Å². The van der Waals surface area contributed by atoms with Crippen LogP contribution in [0.2, 0.25) is 0 Å². The van der Waals surface area contributed by atoms with Gasteiger partial charge in [-0.25, -0.2) is 0 Å². The van der Waals surface area contributed by atoms with Gasteiger partial charge >= 0.3 is 5.97 Å². The van der Waals surface area contributed by atoms with Crippen molar-refractivity contribution in [1.82, 2.24) is 19.9 Å². The van der Waals surface area contributed by atoms with Gasteiger partial charge in [0.05, 0.1) is 12.6 Å². The number of carbonyl (C=O) groups excluding carboxylic acids is 1. The maximum Gasteiger partial charge on any atom is 0.307 e. The predicted octanol–water partition coefficient (Wildman–Crippen LogP) is 1.86. The van der Waals surface area contributed by atoms with Gasteiger partial charge in [-0.15, -0.1) is 5.10 Å². The van der Waals surface area contributed by atoms with Crippen molar-refractivity contribution in [1.29, 1.82) is 0 Å². The number of hydrogen-bond acceptors (Lipinski definition) is 5. The lowest BCUT2D eigenvalue weighted by molar-refractivity contribution is -0.145. The van der Waals surface area contributed by atoms with Gasteiger partial charge in [-0.1, -0.05) is 35.5 Å². The molecule has 0 bridgehead atoms. The van der Waals surface area contributed by atoms with E-state index in [0.29, 0.717) is 18.7 Å². The molecule has 0 spiro atoms. The van der Waals surface area contributed by atoms with Gasteiger partial charge in [0.1, 0.15) is 12.3 Å². The molecule has 0 fully saturated rings. The summed E-state index contributed by atoms with van der Waals surface area (Å²) in [5.41, 5.74) is 1.90. The molecule has 1 heterocycles. The third-order valence-electron chi connectivity index (χ3n) is 3.28. The average Bonchev–Trinajstić information content (AvgIpc) is 3.00. The van der Waals surface area contributed by atoms with Crippen LogP contribution < -0.4 is 0 Å². The second kappa shape index (κ2) is 8.29. The second-order valence-electron chi connectivity index (χ2n) is 5.20. The van der Waals surface area contributed by atoms with Gasteiger partial charge < -0.3 is 9.64 Å². The van der Waals surface area contributed by atoms with E-state index >= 15 is 0 Å². The number of nitrogens with zero attached hydrogens (tertiary/aromatic N) is 4. The molecule has 1 aromatic heterocycles. The average molecular weight is 302 g/mol. The largest absolute Gasteiger partial charge is 0.459 e. The lowest BCUT2D eigenvalue weighted by Crippen LogP contribution is -2.22. The minimum Gasteiger partial charge on any atom is -0.459 e. The summed E-state index contributed by atoms with van der Waals surface area (Å²) >= 11 is 0. The standard InChI is InChI=1S/C16H22N4O2/c1-3-20-12-15(17-18-20)13-22-16(21)9-10-19(2)11-14-7-5-4-6-8-14/h4-8,12H,3,9-11,13H2,1-2H3. The Morgan fingerprint density at radius 2 is 2.09 bits per heavy atom. The van der Waals surface area contributed by atoms with Crippen molar-refractivity contribution < 1.29 is 9.53 Å². The van der Waals surface area contributed by atoms with Crippen molar-refractivity contribution in [2.24, 2.45) is 0 Å². The van der Waals surface area contributed by atoms with Gasteiger partial charge in [0.25, 0.3) is 0 Å². The molecule has 0 saturated carbocycles. The zero-order valence-corrected chi connectivity index (χ0v) is 13.1. The highest BCUT2D eigenvalue weighted by atomic mass is 16.5. The summed E-state index contributed by atoms with van der Waals surface area (Å²) in [5, 5.41) is 7.84. The molecular weight excluding hydrogens is 280 g/mol. The smallest absolute Gasteiger partial charge is 0.307 e. The number of hydrogen-bond donors (Lipinski definition) is 0. The molecule has 0 unspecified atom stereocenters. The van der Waals surface area contributed by atoms with E-state index in [4.69, 9.17) is 4.74 Å². The first kappa shape index (κ1) is 16.2. The monoisotopic (exact) mass is 302 g/mol. The normalized spacial score (nSPS) is 10.9. The SMILES string of the molecule is CCn1cc(COC(=O)CCN(C)Cc2ccccc2)nn1. The van der Waals surface area contributed by atoms with E-state index in [9.17, 15) is 4.79 Å². The molecule has 0 radical (unpaired) electrons. The molecule has 2 rings (SSSR count). The maximum atomic E-state index is 11.7. The highest BCUT2D eigenvalue weighted by Crippen LogP contribution is 2.04. The van der Waals surface area contributed by atoms with E-state index in [1.54, 1.807) is 10.9 Å². The summed E-state index contributed by atoms with van der Waals surface area (Å²) in [6.07, 6.45) is 2.15. The third kappa shape index (κ3) is 5.29. The Labute approximate surface area is 130 Å². The molecule has 0 atom stereocenters. The zero-order chi connectivity index (χ0) is 15.8. The minimum atomic E-state index is -0.217. The van der Waals surface area contributed by atoms with Crippen LogP contribution in [0.15, 0.2) is 36.5 Å². The molecule has 2 aromatic rings. The summed E-state index contributed by atoms with van der Waals surface area (Å²) in [7, 11) is 1.99. The highest BCUT2D eigenvalue weighted by molar-refractivity contribution is 5.69. The summed E-state index contributed by atoms with van der Waals surface area (Å²) in [4.78, 5) is 13.8. The fourth-order valence-electron chi connectivity index (χ4n) is 2.04. The minimum absolute atomic E-state index is 0.182. The number of rotatable bonds is 8. The number of benzene rings is 1. The topological polar surface area (TPSA) is 60.2 Å². The van der Waals surface area contributed by atoms with Crippen molar-refractivity contribution in [2.45, 2.75) is 33.0 Å². The first-order valence-corrected chi connectivity index (χ1v) is 7.44. The Kier molecular flexibility index (Phi) is 6.09. The Morgan fingerprint density at radius 1 is 1.32 bits per heavy atom. The van der Waals surface area contributed by atoms with E-state index in [-0.39, 0.29) is 12.6 Å². The van der Waals surface area contributed by atoms with E-state index in [2.05, 4.69) is 27.3 Å². The van der Waals surface area contributed by atoms with Crippen LogP contribution >= 0.6 is 0 Å².